The lowest BCUT2D eigenvalue weighted by Gasteiger charge is -2.28. The Morgan fingerprint density at radius 1 is 1.29 bits per heavy atom. The Balaban J connectivity index is 0.00000288. The molecular weight excluding hydrogens is 415 g/mol. The summed E-state index contributed by atoms with van der Waals surface area (Å²) in [4.78, 5) is 8.90. The number of hydrogen-bond donors (Lipinski definition) is 2. The SMILES string of the molecule is CCNC(=NCc1ccnc(OCC)c1)NC1CCC(C)CC1.I. The highest BCUT2D eigenvalue weighted by molar-refractivity contribution is 14.0. The molecule has 0 bridgehead atoms. The van der Waals surface area contributed by atoms with Gasteiger partial charge in [-0.1, -0.05) is 6.92 Å². The fourth-order valence-corrected chi connectivity index (χ4v) is 2.86. The van der Waals surface area contributed by atoms with E-state index >= 15 is 0 Å². The van der Waals surface area contributed by atoms with Crippen LogP contribution in [0, 0.1) is 5.92 Å². The van der Waals surface area contributed by atoms with Gasteiger partial charge in [0.2, 0.25) is 5.88 Å². The number of halogens is 1. The molecule has 0 radical (unpaired) electrons. The summed E-state index contributed by atoms with van der Waals surface area (Å²) in [5.74, 6) is 2.43. The maximum Gasteiger partial charge on any atom is 0.213 e. The van der Waals surface area contributed by atoms with E-state index in [9.17, 15) is 0 Å². The molecule has 0 aliphatic heterocycles. The summed E-state index contributed by atoms with van der Waals surface area (Å²) in [5.41, 5.74) is 1.11. The third-order valence-corrected chi connectivity index (χ3v) is 4.21. The normalized spacial score (nSPS) is 20.9. The molecule has 0 unspecified atom stereocenters. The summed E-state index contributed by atoms with van der Waals surface area (Å²) in [6.45, 7) is 8.53. The van der Waals surface area contributed by atoms with E-state index in [2.05, 4.69) is 29.5 Å². The first-order valence-electron chi connectivity index (χ1n) is 8.83. The summed E-state index contributed by atoms with van der Waals surface area (Å²) in [7, 11) is 0. The molecule has 0 aromatic carbocycles. The second-order valence-electron chi connectivity index (χ2n) is 6.23. The van der Waals surface area contributed by atoms with Crippen molar-refractivity contribution in [3.05, 3.63) is 23.9 Å². The molecule has 2 N–H and O–H groups in total. The molecule has 0 atom stereocenters. The van der Waals surface area contributed by atoms with Crippen molar-refractivity contribution in [2.24, 2.45) is 10.9 Å². The summed E-state index contributed by atoms with van der Waals surface area (Å²) in [6, 6.07) is 4.48. The van der Waals surface area contributed by atoms with Crippen LogP contribution in [0.3, 0.4) is 0 Å². The zero-order chi connectivity index (χ0) is 16.5. The van der Waals surface area contributed by atoms with Gasteiger partial charge in [0.15, 0.2) is 5.96 Å². The van der Waals surface area contributed by atoms with E-state index in [1.807, 2.05) is 19.1 Å². The van der Waals surface area contributed by atoms with Crippen molar-refractivity contribution in [1.82, 2.24) is 15.6 Å². The molecule has 1 aliphatic carbocycles. The Hall–Kier alpha value is -1.05. The van der Waals surface area contributed by atoms with E-state index in [4.69, 9.17) is 9.73 Å². The maximum atomic E-state index is 5.44. The van der Waals surface area contributed by atoms with Crippen LogP contribution in [0.5, 0.6) is 5.88 Å². The molecule has 2 rings (SSSR count). The Morgan fingerprint density at radius 3 is 2.71 bits per heavy atom. The highest BCUT2D eigenvalue weighted by Crippen LogP contribution is 2.23. The molecule has 1 heterocycles. The number of hydrogen-bond acceptors (Lipinski definition) is 3. The third-order valence-electron chi connectivity index (χ3n) is 4.21. The van der Waals surface area contributed by atoms with Crippen LogP contribution < -0.4 is 15.4 Å². The highest BCUT2D eigenvalue weighted by Gasteiger charge is 2.18. The van der Waals surface area contributed by atoms with Gasteiger partial charge in [0, 0.05) is 24.8 Å². The van der Waals surface area contributed by atoms with Crippen molar-refractivity contribution in [2.75, 3.05) is 13.2 Å². The van der Waals surface area contributed by atoms with Crippen LogP contribution in [0.1, 0.15) is 52.0 Å². The van der Waals surface area contributed by atoms with E-state index in [-0.39, 0.29) is 24.0 Å². The number of ether oxygens (including phenoxy) is 1. The van der Waals surface area contributed by atoms with Gasteiger partial charge in [-0.15, -0.1) is 24.0 Å². The minimum absolute atomic E-state index is 0. The Kier molecular flexibility index (Phi) is 10.1. The van der Waals surface area contributed by atoms with Gasteiger partial charge in [0.25, 0.3) is 0 Å². The molecule has 1 saturated carbocycles. The average molecular weight is 446 g/mol. The minimum Gasteiger partial charge on any atom is -0.478 e. The largest absolute Gasteiger partial charge is 0.478 e. The van der Waals surface area contributed by atoms with Crippen molar-refractivity contribution in [2.45, 2.75) is 59.0 Å². The van der Waals surface area contributed by atoms with E-state index in [0.717, 1.165) is 24.0 Å². The van der Waals surface area contributed by atoms with E-state index in [1.54, 1.807) is 6.20 Å². The van der Waals surface area contributed by atoms with E-state index in [0.29, 0.717) is 25.1 Å². The number of aromatic nitrogens is 1. The van der Waals surface area contributed by atoms with Gasteiger partial charge in [-0.3, -0.25) is 0 Å². The molecule has 0 amide bonds. The third kappa shape index (κ3) is 7.23. The smallest absolute Gasteiger partial charge is 0.213 e. The second-order valence-corrected chi connectivity index (χ2v) is 6.23. The topological polar surface area (TPSA) is 58.5 Å². The lowest BCUT2D eigenvalue weighted by Crippen LogP contribution is -2.44. The zero-order valence-electron chi connectivity index (χ0n) is 15.0. The number of nitrogens with zero attached hydrogens (tertiary/aromatic N) is 2. The van der Waals surface area contributed by atoms with Crippen LogP contribution in [0.2, 0.25) is 0 Å². The highest BCUT2D eigenvalue weighted by atomic mass is 127. The van der Waals surface area contributed by atoms with Gasteiger partial charge in [0.05, 0.1) is 13.2 Å². The summed E-state index contributed by atoms with van der Waals surface area (Å²) < 4.78 is 5.44. The van der Waals surface area contributed by atoms with Crippen LogP contribution in [0.15, 0.2) is 23.3 Å². The number of guanidine groups is 1. The number of aliphatic imine (C=N–C) groups is 1. The second kappa shape index (κ2) is 11.5. The zero-order valence-corrected chi connectivity index (χ0v) is 17.4. The van der Waals surface area contributed by atoms with Gasteiger partial charge < -0.3 is 15.4 Å². The van der Waals surface area contributed by atoms with Crippen LogP contribution >= 0.6 is 24.0 Å². The summed E-state index contributed by atoms with van der Waals surface area (Å²) >= 11 is 0. The van der Waals surface area contributed by atoms with Gasteiger partial charge in [-0.25, -0.2) is 9.98 Å². The maximum absolute atomic E-state index is 5.44. The van der Waals surface area contributed by atoms with Crippen LogP contribution in [0.4, 0.5) is 0 Å². The fraction of sp³-hybridized carbons (Fsp3) is 0.667. The van der Waals surface area contributed by atoms with E-state index in [1.165, 1.54) is 25.7 Å². The van der Waals surface area contributed by atoms with E-state index < -0.39 is 0 Å². The predicted octanol–water partition coefficient (Wildman–Crippen LogP) is 3.73. The number of rotatable bonds is 6. The van der Waals surface area contributed by atoms with Crippen molar-refractivity contribution >= 4 is 29.9 Å². The van der Waals surface area contributed by atoms with Crippen molar-refractivity contribution in [3.63, 3.8) is 0 Å². The Morgan fingerprint density at radius 2 is 2.04 bits per heavy atom. The molecule has 0 saturated heterocycles. The lowest BCUT2D eigenvalue weighted by atomic mass is 9.87. The van der Waals surface area contributed by atoms with Crippen LogP contribution in [-0.4, -0.2) is 30.1 Å². The van der Waals surface area contributed by atoms with Gasteiger partial charge >= 0.3 is 0 Å². The van der Waals surface area contributed by atoms with Gasteiger partial charge in [-0.05, 0) is 57.1 Å². The molecule has 1 aromatic rings. The van der Waals surface area contributed by atoms with Gasteiger partial charge in [0.1, 0.15) is 0 Å². The van der Waals surface area contributed by atoms with Crippen LogP contribution in [0.25, 0.3) is 0 Å². The van der Waals surface area contributed by atoms with Crippen LogP contribution in [-0.2, 0) is 6.54 Å². The standard InChI is InChI=1S/C18H30N4O.HI/c1-4-19-18(22-16-8-6-14(3)7-9-16)21-13-15-10-11-20-17(12-15)23-5-2;/h10-12,14,16H,4-9,13H2,1-3H3,(H2,19,21,22);1H. The molecule has 6 heteroatoms. The van der Waals surface area contributed by atoms with Crippen molar-refractivity contribution in [1.29, 1.82) is 0 Å². The summed E-state index contributed by atoms with van der Waals surface area (Å²) in [6.07, 6.45) is 6.85. The number of nitrogens with one attached hydrogen (secondary N) is 2. The molecule has 5 nitrogen and oxygen atoms in total. The molecule has 24 heavy (non-hydrogen) atoms. The van der Waals surface area contributed by atoms with Crippen molar-refractivity contribution < 1.29 is 4.74 Å². The molecule has 136 valence electrons. The monoisotopic (exact) mass is 446 g/mol. The molecule has 0 spiro atoms. The Labute approximate surface area is 163 Å². The lowest BCUT2D eigenvalue weighted by molar-refractivity contribution is 0.326. The molecular formula is C18H31IN4O. The molecule has 1 aromatic heterocycles. The summed E-state index contributed by atoms with van der Waals surface area (Å²) in [5, 5.41) is 6.92. The van der Waals surface area contributed by atoms with Crippen molar-refractivity contribution in [3.8, 4) is 5.88 Å². The first-order valence-corrected chi connectivity index (χ1v) is 8.83. The average Bonchev–Trinajstić information content (AvgIpc) is 2.56. The Bertz CT molecular complexity index is 502. The fourth-order valence-electron chi connectivity index (χ4n) is 2.86. The molecule has 1 fully saturated rings. The minimum atomic E-state index is 0. The first-order chi connectivity index (χ1) is 11.2. The molecule has 1 aliphatic rings. The predicted molar refractivity (Wildman–Crippen MR) is 110 cm³/mol. The quantitative estimate of drug-likeness (QED) is 0.397. The number of pyridine rings is 1. The first kappa shape index (κ1) is 21.0. The van der Waals surface area contributed by atoms with Gasteiger partial charge in [-0.2, -0.15) is 0 Å².